The van der Waals surface area contributed by atoms with E-state index in [0.29, 0.717) is 24.5 Å². The second-order valence-electron chi connectivity index (χ2n) is 4.96. The first-order valence-electron chi connectivity index (χ1n) is 6.00. The maximum Gasteiger partial charge on any atom is 0.271 e. The number of nitrogen functional groups attached to an aromatic ring is 1. The van der Waals surface area contributed by atoms with Gasteiger partial charge in [0.15, 0.2) is 0 Å². The summed E-state index contributed by atoms with van der Waals surface area (Å²) in [7, 11) is 0. The van der Waals surface area contributed by atoms with Crippen molar-refractivity contribution in [1.82, 2.24) is 15.1 Å². The summed E-state index contributed by atoms with van der Waals surface area (Å²) in [5, 5.41) is 6.96. The van der Waals surface area contributed by atoms with E-state index in [1.807, 2.05) is 6.92 Å². The van der Waals surface area contributed by atoms with Gasteiger partial charge in [-0.15, -0.1) is 0 Å². The molecule has 0 fully saturated rings. The standard InChI is InChI=1S/C12H22N4O/c1-5-12(3,4)8-14-11(17)10-9(13)7-15-16(10)6-2/h7H,5-6,8,13H2,1-4H3,(H,14,17). The topological polar surface area (TPSA) is 72.9 Å². The molecule has 1 aromatic rings. The molecule has 1 heterocycles. The SMILES string of the molecule is CCn1ncc(N)c1C(=O)NCC(C)(C)CC. The van der Waals surface area contributed by atoms with Crippen LogP contribution in [0.4, 0.5) is 5.69 Å². The Bertz CT molecular complexity index is 395. The van der Waals surface area contributed by atoms with Gasteiger partial charge in [-0.25, -0.2) is 0 Å². The molecule has 3 N–H and O–H groups in total. The molecule has 1 aromatic heterocycles. The minimum Gasteiger partial charge on any atom is -0.396 e. The quantitative estimate of drug-likeness (QED) is 0.819. The van der Waals surface area contributed by atoms with Crippen LogP contribution in [-0.2, 0) is 6.54 Å². The Morgan fingerprint density at radius 1 is 1.53 bits per heavy atom. The highest BCUT2D eigenvalue weighted by molar-refractivity contribution is 5.97. The molecular formula is C12H22N4O. The van der Waals surface area contributed by atoms with Crippen LogP contribution in [0.3, 0.4) is 0 Å². The Morgan fingerprint density at radius 2 is 2.18 bits per heavy atom. The molecule has 1 rings (SSSR count). The van der Waals surface area contributed by atoms with Crippen molar-refractivity contribution in [2.45, 2.75) is 40.7 Å². The fourth-order valence-corrected chi connectivity index (χ4v) is 1.42. The van der Waals surface area contributed by atoms with Gasteiger partial charge in [-0.3, -0.25) is 9.48 Å². The van der Waals surface area contributed by atoms with Gasteiger partial charge in [0.05, 0.1) is 11.9 Å². The predicted octanol–water partition coefficient (Wildman–Crippen LogP) is 1.65. The first kappa shape index (κ1) is 13.5. The van der Waals surface area contributed by atoms with Crippen LogP contribution in [0.25, 0.3) is 0 Å². The molecule has 96 valence electrons. The number of carbonyl (C=O) groups excluding carboxylic acids is 1. The van der Waals surface area contributed by atoms with E-state index in [9.17, 15) is 4.79 Å². The lowest BCUT2D eigenvalue weighted by atomic mass is 9.90. The van der Waals surface area contributed by atoms with Gasteiger partial charge < -0.3 is 11.1 Å². The third kappa shape index (κ3) is 3.22. The normalized spacial score (nSPS) is 11.5. The second kappa shape index (κ2) is 5.21. The molecular weight excluding hydrogens is 216 g/mol. The van der Waals surface area contributed by atoms with Crippen molar-refractivity contribution >= 4 is 11.6 Å². The number of carbonyl (C=O) groups is 1. The predicted molar refractivity (Wildman–Crippen MR) is 68.7 cm³/mol. The number of nitrogens with two attached hydrogens (primary N) is 1. The smallest absolute Gasteiger partial charge is 0.271 e. The number of rotatable bonds is 5. The van der Waals surface area contributed by atoms with Gasteiger partial charge in [0, 0.05) is 13.1 Å². The highest BCUT2D eigenvalue weighted by atomic mass is 16.2. The van der Waals surface area contributed by atoms with Crippen LogP contribution in [-0.4, -0.2) is 22.2 Å². The van der Waals surface area contributed by atoms with Gasteiger partial charge in [-0.1, -0.05) is 20.8 Å². The zero-order valence-corrected chi connectivity index (χ0v) is 11.1. The maximum atomic E-state index is 12.0. The summed E-state index contributed by atoms with van der Waals surface area (Å²) in [6.07, 6.45) is 2.53. The Balaban J connectivity index is 2.73. The monoisotopic (exact) mass is 238 g/mol. The van der Waals surface area contributed by atoms with Gasteiger partial charge in [-0.05, 0) is 18.8 Å². The van der Waals surface area contributed by atoms with Gasteiger partial charge in [-0.2, -0.15) is 5.10 Å². The molecule has 0 aliphatic rings. The highest BCUT2D eigenvalue weighted by Gasteiger charge is 2.20. The number of hydrogen-bond donors (Lipinski definition) is 2. The molecule has 17 heavy (non-hydrogen) atoms. The fourth-order valence-electron chi connectivity index (χ4n) is 1.42. The number of aromatic nitrogens is 2. The molecule has 0 bridgehead atoms. The van der Waals surface area contributed by atoms with E-state index >= 15 is 0 Å². The van der Waals surface area contributed by atoms with Crippen LogP contribution in [0, 0.1) is 5.41 Å². The van der Waals surface area contributed by atoms with E-state index in [0.717, 1.165) is 6.42 Å². The third-order valence-electron chi connectivity index (χ3n) is 3.07. The van der Waals surface area contributed by atoms with Gasteiger partial charge in [0.1, 0.15) is 5.69 Å². The van der Waals surface area contributed by atoms with Crippen molar-refractivity contribution in [2.75, 3.05) is 12.3 Å². The van der Waals surface area contributed by atoms with E-state index in [-0.39, 0.29) is 11.3 Å². The number of anilines is 1. The minimum absolute atomic E-state index is 0.0987. The van der Waals surface area contributed by atoms with Gasteiger partial charge in [0.2, 0.25) is 0 Å². The van der Waals surface area contributed by atoms with Crippen LogP contribution < -0.4 is 11.1 Å². The average molecular weight is 238 g/mol. The molecule has 0 radical (unpaired) electrons. The molecule has 0 aliphatic carbocycles. The summed E-state index contributed by atoms with van der Waals surface area (Å²) in [5.74, 6) is -0.150. The van der Waals surface area contributed by atoms with Crippen LogP contribution in [0.5, 0.6) is 0 Å². The van der Waals surface area contributed by atoms with E-state index in [1.165, 1.54) is 6.20 Å². The van der Waals surface area contributed by atoms with Gasteiger partial charge >= 0.3 is 0 Å². The average Bonchev–Trinajstić information content (AvgIpc) is 2.67. The van der Waals surface area contributed by atoms with Crippen LogP contribution >= 0.6 is 0 Å². The van der Waals surface area contributed by atoms with Crippen molar-refractivity contribution in [3.63, 3.8) is 0 Å². The molecule has 5 heteroatoms. The van der Waals surface area contributed by atoms with Crippen molar-refractivity contribution in [1.29, 1.82) is 0 Å². The number of nitrogens with zero attached hydrogens (tertiary/aromatic N) is 2. The van der Waals surface area contributed by atoms with Crippen molar-refractivity contribution in [3.8, 4) is 0 Å². The molecule has 1 amide bonds. The van der Waals surface area contributed by atoms with Crippen molar-refractivity contribution in [3.05, 3.63) is 11.9 Å². The largest absolute Gasteiger partial charge is 0.396 e. The van der Waals surface area contributed by atoms with Gasteiger partial charge in [0.25, 0.3) is 5.91 Å². The van der Waals surface area contributed by atoms with E-state index in [4.69, 9.17) is 5.73 Å². The molecule has 0 unspecified atom stereocenters. The maximum absolute atomic E-state index is 12.0. The zero-order chi connectivity index (χ0) is 13.1. The summed E-state index contributed by atoms with van der Waals surface area (Å²) >= 11 is 0. The first-order chi connectivity index (χ1) is 7.91. The van der Waals surface area contributed by atoms with Crippen molar-refractivity contribution in [2.24, 2.45) is 5.41 Å². The minimum atomic E-state index is -0.150. The highest BCUT2D eigenvalue weighted by Crippen LogP contribution is 2.18. The Kier molecular flexibility index (Phi) is 4.15. The second-order valence-corrected chi connectivity index (χ2v) is 4.96. The summed E-state index contributed by atoms with van der Waals surface area (Å²) in [4.78, 5) is 12.0. The third-order valence-corrected chi connectivity index (χ3v) is 3.07. The van der Waals surface area contributed by atoms with E-state index in [2.05, 4.69) is 31.2 Å². The van der Waals surface area contributed by atoms with E-state index < -0.39 is 0 Å². The first-order valence-corrected chi connectivity index (χ1v) is 6.00. The molecule has 0 atom stereocenters. The molecule has 0 saturated carbocycles. The Labute approximate surface area is 102 Å². The molecule has 5 nitrogen and oxygen atoms in total. The lowest BCUT2D eigenvalue weighted by Gasteiger charge is -2.22. The Hall–Kier alpha value is -1.52. The lowest BCUT2D eigenvalue weighted by Crippen LogP contribution is -2.35. The molecule has 0 spiro atoms. The number of hydrogen-bond acceptors (Lipinski definition) is 3. The Morgan fingerprint density at radius 3 is 2.71 bits per heavy atom. The number of nitrogens with one attached hydrogen (secondary N) is 1. The summed E-state index contributed by atoms with van der Waals surface area (Å²) in [5.41, 5.74) is 6.73. The zero-order valence-electron chi connectivity index (χ0n) is 11.1. The number of aryl methyl sites for hydroxylation is 1. The van der Waals surface area contributed by atoms with Crippen molar-refractivity contribution < 1.29 is 4.79 Å². The molecule has 0 aromatic carbocycles. The summed E-state index contributed by atoms with van der Waals surface area (Å²) in [6, 6.07) is 0. The van der Waals surface area contributed by atoms with E-state index in [1.54, 1.807) is 4.68 Å². The lowest BCUT2D eigenvalue weighted by molar-refractivity contribution is 0.0926. The summed E-state index contributed by atoms with van der Waals surface area (Å²) < 4.78 is 1.61. The van der Waals surface area contributed by atoms with Crippen LogP contribution in [0.15, 0.2) is 6.20 Å². The fraction of sp³-hybridized carbons (Fsp3) is 0.667. The van der Waals surface area contributed by atoms with Crippen LogP contribution in [0.1, 0.15) is 44.6 Å². The summed E-state index contributed by atoms with van der Waals surface area (Å²) in [6.45, 7) is 9.55. The van der Waals surface area contributed by atoms with Crippen LogP contribution in [0.2, 0.25) is 0 Å². The molecule has 0 saturated heterocycles. The molecule has 0 aliphatic heterocycles. The number of amides is 1.